The van der Waals surface area contributed by atoms with Crippen LogP contribution in [0.2, 0.25) is 0 Å². The van der Waals surface area contributed by atoms with Crippen LogP contribution < -0.4 is 9.47 Å². The number of aliphatic hydroxyl groups excluding tert-OH is 1. The van der Waals surface area contributed by atoms with E-state index in [1.165, 1.54) is 30.6 Å². The van der Waals surface area contributed by atoms with Gasteiger partial charge in [-0.1, -0.05) is 19.0 Å². The van der Waals surface area contributed by atoms with Crippen molar-refractivity contribution >= 4 is 5.71 Å². The van der Waals surface area contributed by atoms with Gasteiger partial charge in [-0.25, -0.2) is 4.98 Å². The number of aliphatic hydroxyl groups is 1. The van der Waals surface area contributed by atoms with Gasteiger partial charge in [0.1, 0.15) is 30.8 Å². The highest BCUT2D eigenvalue weighted by atomic mass is 19.4. The van der Waals surface area contributed by atoms with Gasteiger partial charge >= 0.3 is 6.36 Å². The van der Waals surface area contributed by atoms with Crippen LogP contribution in [0.4, 0.5) is 13.2 Å². The molecule has 1 saturated carbocycles. The second-order valence-corrected chi connectivity index (χ2v) is 8.70. The molecule has 0 saturated heterocycles. The maximum atomic E-state index is 12.4. The third kappa shape index (κ3) is 7.09. The summed E-state index contributed by atoms with van der Waals surface area (Å²) in [6, 6.07) is 5.35. The Morgan fingerprint density at radius 2 is 1.97 bits per heavy atom. The first kappa shape index (κ1) is 25.8. The van der Waals surface area contributed by atoms with E-state index in [9.17, 15) is 18.3 Å². The SMILES string of the molecule is CCCON=C1[C@@H](Cn2cncn2)[C@H](COc2ccc(OC(F)(F)F)cc2)CC[C@@]1(C)CCO. The van der Waals surface area contributed by atoms with Crippen molar-refractivity contribution in [1.82, 2.24) is 14.8 Å². The number of benzene rings is 1. The van der Waals surface area contributed by atoms with E-state index < -0.39 is 6.36 Å². The third-order valence-corrected chi connectivity index (χ3v) is 6.10. The molecule has 3 rings (SSSR count). The van der Waals surface area contributed by atoms with E-state index in [1.807, 2.05) is 6.92 Å². The Labute approximate surface area is 196 Å². The third-order valence-electron chi connectivity index (χ3n) is 6.10. The Morgan fingerprint density at radius 3 is 2.59 bits per heavy atom. The highest BCUT2D eigenvalue weighted by molar-refractivity contribution is 5.92. The lowest BCUT2D eigenvalue weighted by molar-refractivity contribution is -0.274. The molecule has 1 aromatic heterocycles. The molecule has 2 aromatic rings. The van der Waals surface area contributed by atoms with Crippen LogP contribution in [0.3, 0.4) is 0 Å². The number of alkyl halides is 3. The number of hydrogen-bond acceptors (Lipinski definition) is 7. The molecule has 1 fully saturated rings. The molecule has 8 nitrogen and oxygen atoms in total. The molecule has 0 unspecified atom stereocenters. The molecule has 11 heteroatoms. The monoisotopic (exact) mass is 484 g/mol. The number of aromatic nitrogens is 3. The summed E-state index contributed by atoms with van der Waals surface area (Å²) in [6.45, 7) is 5.46. The summed E-state index contributed by atoms with van der Waals surface area (Å²) >= 11 is 0. The van der Waals surface area contributed by atoms with Crippen molar-refractivity contribution in [3.8, 4) is 11.5 Å². The molecule has 3 atom stereocenters. The quantitative estimate of drug-likeness (QED) is 0.374. The standard InChI is InChI=1S/C23H31F3N4O4/c1-3-12-33-29-21-20(13-30-16-27-15-28-30)17(8-9-22(21,2)10-11-31)14-32-18-4-6-19(7-5-18)34-23(24,25)26/h4-7,15-17,20,31H,3,8-14H2,1-2H3/t17-,20-,22-/m0/s1. The minimum Gasteiger partial charge on any atom is -0.493 e. The second-order valence-electron chi connectivity index (χ2n) is 8.70. The van der Waals surface area contributed by atoms with Crippen molar-refractivity contribution in [2.45, 2.75) is 52.4 Å². The maximum absolute atomic E-state index is 12.4. The molecule has 0 bridgehead atoms. The molecule has 1 aliphatic rings. The number of rotatable bonds is 11. The molecule has 1 aliphatic carbocycles. The molecule has 0 amide bonds. The molecule has 0 aliphatic heterocycles. The van der Waals surface area contributed by atoms with E-state index in [0.717, 1.165) is 25.0 Å². The van der Waals surface area contributed by atoms with Gasteiger partial charge in [0.2, 0.25) is 0 Å². The lowest BCUT2D eigenvalue weighted by Crippen LogP contribution is -2.46. The van der Waals surface area contributed by atoms with Crippen molar-refractivity contribution in [3.63, 3.8) is 0 Å². The van der Waals surface area contributed by atoms with Crippen LogP contribution in [-0.2, 0) is 11.4 Å². The summed E-state index contributed by atoms with van der Waals surface area (Å²) in [5.41, 5.74) is 0.528. The van der Waals surface area contributed by atoms with Gasteiger partial charge in [-0.05, 0) is 49.9 Å². The van der Waals surface area contributed by atoms with E-state index in [2.05, 4.69) is 26.9 Å². The number of nitrogens with zero attached hydrogens (tertiary/aromatic N) is 4. The van der Waals surface area contributed by atoms with Gasteiger partial charge in [-0.2, -0.15) is 5.10 Å². The Hall–Kier alpha value is -2.82. The van der Waals surface area contributed by atoms with Gasteiger partial charge < -0.3 is 19.4 Å². The van der Waals surface area contributed by atoms with Gasteiger partial charge in [0.05, 0.1) is 18.9 Å². The van der Waals surface area contributed by atoms with Crippen LogP contribution in [-0.4, -0.2) is 51.8 Å². The van der Waals surface area contributed by atoms with Crippen LogP contribution in [0.15, 0.2) is 42.1 Å². The molecule has 0 radical (unpaired) electrons. The fourth-order valence-electron chi connectivity index (χ4n) is 4.29. The van der Waals surface area contributed by atoms with Crippen LogP contribution >= 0.6 is 0 Å². The van der Waals surface area contributed by atoms with E-state index in [-0.39, 0.29) is 29.6 Å². The zero-order valence-corrected chi connectivity index (χ0v) is 19.4. The highest BCUT2D eigenvalue weighted by Gasteiger charge is 2.44. The largest absolute Gasteiger partial charge is 0.573 e. The summed E-state index contributed by atoms with van der Waals surface area (Å²) < 4.78 is 48.8. The van der Waals surface area contributed by atoms with Gasteiger partial charge in [0.25, 0.3) is 0 Å². The Bertz CT molecular complexity index is 906. The predicted octanol–water partition coefficient (Wildman–Crippen LogP) is 4.45. The van der Waals surface area contributed by atoms with Gasteiger partial charge in [-0.15, -0.1) is 13.2 Å². The highest BCUT2D eigenvalue weighted by Crippen LogP contribution is 2.43. The minimum absolute atomic E-state index is 0.0346. The van der Waals surface area contributed by atoms with Gasteiger partial charge in [0, 0.05) is 23.9 Å². The summed E-state index contributed by atoms with van der Waals surface area (Å²) in [7, 11) is 0. The molecule has 188 valence electrons. The van der Waals surface area contributed by atoms with Crippen LogP contribution in [0.25, 0.3) is 0 Å². The second kappa shape index (κ2) is 11.5. The molecule has 34 heavy (non-hydrogen) atoms. The summed E-state index contributed by atoms with van der Waals surface area (Å²) in [5.74, 6) is 0.102. The van der Waals surface area contributed by atoms with E-state index >= 15 is 0 Å². The smallest absolute Gasteiger partial charge is 0.493 e. The topological polar surface area (TPSA) is 91.0 Å². The van der Waals surface area contributed by atoms with Crippen molar-refractivity contribution < 1.29 is 32.6 Å². The van der Waals surface area contributed by atoms with Crippen LogP contribution in [0.1, 0.15) is 39.5 Å². The zero-order chi connectivity index (χ0) is 24.6. The van der Waals surface area contributed by atoms with Gasteiger partial charge in [-0.3, -0.25) is 4.68 Å². The normalized spacial score (nSPS) is 24.2. The molecular weight excluding hydrogens is 453 g/mol. The van der Waals surface area contributed by atoms with E-state index in [4.69, 9.17) is 9.57 Å². The molecular formula is C23H31F3N4O4. The summed E-state index contributed by atoms with van der Waals surface area (Å²) in [4.78, 5) is 9.62. The lowest BCUT2D eigenvalue weighted by atomic mass is 9.63. The minimum atomic E-state index is -4.74. The average molecular weight is 485 g/mol. The van der Waals surface area contributed by atoms with E-state index in [0.29, 0.717) is 31.9 Å². The van der Waals surface area contributed by atoms with E-state index in [1.54, 1.807) is 11.0 Å². The first-order valence-corrected chi connectivity index (χ1v) is 11.4. The number of ether oxygens (including phenoxy) is 2. The first-order valence-electron chi connectivity index (χ1n) is 11.4. The molecule has 1 aromatic carbocycles. The fourth-order valence-corrected chi connectivity index (χ4v) is 4.29. The summed E-state index contributed by atoms with van der Waals surface area (Å²) in [6.07, 6.45) is 1.36. The first-order chi connectivity index (χ1) is 16.2. The van der Waals surface area contributed by atoms with Crippen LogP contribution in [0, 0.1) is 17.3 Å². The Morgan fingerprint density at radius 1 is 1.24 bits per heavy atom. The van der Waals surface area contributed by atoms with Crippen molar-refractivity contribution in [1.29, 1.82) is 0 Å². The lowest BCUT2D eigenvalue weighted by Gasteiger charge is -2.43. The number of hydrogen-bond donors (Lipinski definition) is 1. The van der Waals surface area contributed by atoms with Gasteiger partial charge in [0.15, 0.2) is 0 Å². The van der Waals surface area contributed by atoms with Crippen LogP contribution in [0.5, 0.6) is 11.5 Å². The zero-order valence-electron chi connectivity index (χ0n) is 19.4. The fraction of sp³-hybridized carbons (Fsp3) is 0.609. The van der Waals surface area contributed by atoms with Crippen molar-refractivity contribution in [2.75, 3.05) is 19.8 Å². The Kier molecular flexibility index (Phi) is 8.76. The Balaban J connectivity index is 1.78. The molecule has 0 spiro atoms. The summed E-state index contributed by atoms with van der Waals surface area (Å²) in [5, 5.41) is 18.5. The number of halogens is 3. The number of oxime groups is 1. The van der Waals surface area contributed by atoms with Crippen molar-refractivity contribution in [3.05, 3.63) is 36.9 Å². The molecule has 1 heterocycles. The molecule has 1 N–H and O–H groups in total. The maximum Gasteiger partial charge on any atom is 0.573 e. The van der Waals surface area contributed by atoms with Crippen molar-refractivity contribution in [2.24, 2.45) is 22.4 Å². The average Bonchev–Trinajstić information content (AvgIpc) is 3.29. The predicted molar refractivity (Wildman–Crippen MR) is 118 cm³/mol.